The lowest BCUT2D eigenvalue weighted by atomic mass is 9.90. The molecule has 3 rings (SSSR count). The van der Waals surface area contributed by atoms with Gasteiger partial charge in [0, 0.05) is 24.2 Å². The maximum absolute atomic E-state index is 13.4. The third-order valence-corrected chi connectivity index (χ3v) is 4.65. The average Bonchev–Trinajstić information content (AvgIpc) is 2.71. The third kappa shape index (κ3) is 4.71. The summed E-state index contributed by atoms with van der Waals surface area (Å²) in [5.74, 6) is -2.41. The maximum atomic E-state index is 13.4. The van der Waals surface area contributed by atoms with Gasteiger partial charge in [0.25, 0.3) is 5.91 Å². The highest BCUT2D eigenvalue weighted by molar-refractivity contribution is 6.00. The number of para-hydroxylation sites is 1. The molecule has 0 saturated heterocycles. The molecule has 0 saturated carbocycles. The van der Waals surface area contributed by atoms with Gasteiger partial charge in [-0.15, -0.1) is 0 Å². The molecule has 8 heteroatoms. The first-order chi connectivity index (χ1) is 13.9. The summed E-state index contributed by atoms with van der Waals surface area (Å²) in [5, 5.41) is 5.23. The van der Waals surface area contributed by atoms with Gasteiger partial charge in [0.15, 0.2) is 6.10 Å². The monoisotopic (exact) mass is 400 g/mol. The maximum Gasteiger partial charge on any atom is 0.314 e. The van der Waals surface area contributed by atoms with E-state index in [9.17, 15) is 18.8 Å². The molecule has 0 bridgehead atoms. The first-order valence-electron chi connectivity index (χ1n) is 9.08. The van der Waals surface area contributed by atoms with Gasteiger partial charge in [-0.2, -0.15) is 0 Å². The van der Waals surface area contributed by atoms with Gasteiger partial charge in [0.05, 0.1) is 13.0 Å². The van der Waals surface area contributed by atoms with Gasteiger partial charge in [-0.25, -0.2) is 4.39 Å². The number of fused-ring (bicyclic) bond motifs is 1. The van der Waals surface area contributed by atoms with E-state index in [4.69, 9.17) is 9.47 Å². The van der Waals surface area contributed by atoms with Crippen molar-refractivity contribution in [1.29, 1.82) is 0 Å². The number of nitrogens with one attached hydrogen (secondary N) is 2. The molecule has 0 unspecified atom stereocenters. The van der Waals surface area contributed by atoms with Crippen LogP contribution in [0.1, 0.15) is 30.4 Å². The quantitative estimate of drug-likeness (QED) is 0.727. The molecule has 1 heterocycles. The molecule has 0 aliphatic carbocycles. The SMILES string of the molecule is COc1ccccc1CNC(=O)[C@@H](C)OC(=O)[C@H]1CC(=O)Nc2cc(F)ccc21. The Hall–Kier alpha value is -3.42. The Morgan fingerprint density at radius 3 is 2.79 bits per heavy atom. The second-order valence-electron chi connectivity index (χ2n) is 6.65. The van der Waals surface area contributed by atoms with E-state index in [0.29, 0.717) is 11.3 Å². The molecule has 0 radical (unpaired) electrons. The van der Waals surface area contributed by atoms with Crippen molar-refractivity contribution in [3.05, 3.63) is 59.4 Å². The number of ether oxygens (including phenoxy) is 2. The van der Waals surface area contributed by atoms with Crippen LogP contribution in [0.15, 0.2) is 42.5 Å². The van der Waals surface area contributed by atoms with Crippen molar-refractivity contribution < 1.29 is 28.2 Å². The fraction of sp³-hybridized carbons (Fsp3) is 0.286. The van der Waals surface area contributed by atoms with E-state index < -0.39 is 35.6 Å². The highest BCUT2D eigenvalue weighted by atomic mass is 19.1. The van der Waals surface area contributed by atoms with Crippen molar-refractivity contribution in [1.82, 2.24) is 5.32 Å². The van der Waals surface area contributed by atoms with Crippen LogP contribution in [-0.2, 0) is 25.7 Å². The smallest absolute Gasteiger partial charge is 0.314 e. The van der Waals surface area contributed by atoms with E-state index in [1.807, 2.05) is 18.2 Å². The van der Waals surface area contributed by atoms with Gasteiger partial charge < -0.3 is 20.1 Å². The Kier molecular flexibility index (Phi) is 6.11. The molecule has 2 aromatic rings. The van der Waals surface area contributed by atoms with Crippen LogP contribution < -0.4 is 15.4 Å². The first kappa shape index (κ1) is 20.3. The highest BCUT2D eigenvalue weighted by Crippen LogP contribution is 2.33. The minimum absolute atomic E-state index is 0.132. The number of halogens is 1. The Bertz CT molecular complexity index is 946. The molecule has 29 heavy (non-hydrogen) atoms. The number of carbonyl (C=O) groups is 3. The first-order valence-corrected chi connectivity index (χ1v) is 9.08. The summed E-state index contributed by atoms with van der Waals surface area (Å²) in [6.07, 6.45) is -1.20. The lowest BCUT2D eigenvalue weighted by molar-refractivity contribution is -0.157. The van der Waals surface area contributed by atoms with Gasteiger partial charge in [-0.1, -0.05) is 24.3 Å². The molecule has 2 amide bonds. The molecule has 0 spiro atoms. The van der Waals surface area contributed by atoms with Crippen molar-refractivity contribution in [2.24, 2.45) is 0 Å². The molecule has 1 aliphatic rings. The van der Waals surface area contributed by atoms with Crippen molar-refractivity contribution >= 4 is 23.5 Å². The largest absolute Gasteiger partial charge is 0.496 e. The number of methoxy groups -OCH3 is 1. The molecule has 152 valence electrons. The van der Waals surface area contributed by atoms with Crippen molar-refractivity contribution in [3.63, 3.8) is 0 Å². The number of hydrogen-bond acceptors (Lipinski definition) is 5. The Labute approximate surface area is 167 Å². The topological polar surface area (TPSA) is 93.7 Å². The number of carbonyl (C=O) groups excluding carboxylic acids is 3. The van der Waals surface area contributed by atoms with Gasteiger partial charge >= 0.3 is 5.97 Å². The van der Waals surface area contributed by atoms with Crippen molar-refractivity contribution in [3.8, 4) is 5.75 Å². The van der Waals surface area contributed by atoms with E-state index in [1.54, 1.807) is 6.07 Å². The zero-order valence-electron chi connectivity index (χ0n) is 16.0. The predicted molar refractivity (Wildman–Crippen MR) is 103 cm³/mol. The van der Waals surface area contributed by atoms with Gasteiger partial charge in [0.2, 0.25) is 5.91 Å². The lowest BCUT2D eigenvalue weighted by Crippen LogP contribution is -2.37. The summed E-state index contributed by atoms with van der Waals surface area (Å²) >= 11 is 0. The van der Waals surface area contributed by atoms with Crippen LogP contribution in [0.4, 0.5) is 10.1 Å². The summed E-state index contributed by atoms with van der Waals surface area (Å²) in [7, 11) is 1.54. The Balaban J connectivity index is 1.63. The second kappa shape index (κ2) is 8.72. The molecule has 7 nitrogen and oxygen atoms in total. The highest BCUT2D eigenvalue weighted by Gasteiger charge is 2.33. The number of rotatable bonds is 6. The average molecular weight is 400 g/mol. The standard InChI is InChI=1S/C21H21FN2O5/c1-12(20(26)23-11-13-5-3-4-6-18(13)28-2)29-21(27)16-10-19(25)24-17-9-14(22)7-8-15(16)17/h3-9,12,16H,10-11H2,1-2H3,(H,23,26)(H,24,25)/t12-,16+/m1/s1. The number of amides is 2. The molecule has 2 atom stereocenters. The van der Waals surface area contributed by atoms with E-state index in [2.05, 4.69) is 10.6 Å². The minimum Gasteiger partial charge on any atom is -0.496 e. The Morgan fingerprint density at radius 1 is 1.28 bits per heavy atom. The number of esters is 1. The van der Waals surface area contributed by atoms with Gasteiger partial charge in [-0.3, -0.25) is 14.4 Å². The molecule has 2 N–H and O–H groups in total. The molecular weight excluding hydrogens is 379 g/mol. The van der Waals surface area contributed by atoms with Crippen molar-refractivity contribution in [2.75, 3.05) is 12.4 Å². The van der Waals surface area contributed by atoms with Gasteiger partial charge in [-0.05, 0) is 30.7 Å². The number of anilines is 1. The normalized spacial score (nSPS) is 16.2. The zero-order chi connectivity index (χ0) is 21.0. The Morgan fingerprint density at radius 2 is 2.03 bits per heavy atom. The van der Waals surface area contributed by atoms with Crippen LogP contribution in [0, 0.1) is 5.82 Å². The van der Waals surface area contributed by atoms with Crippen LogP contribution in [-0.4, -0.2) is 31.0 Å². The summed E-state index contributed by atoms with van der Waals surface area (Å²) in [6, 6.07) is 11.0. The van der Waals surface area contributed by atoms with E-state index in [-0.39, 0.29) is 18.7 Å². The third-order valence-electron chi connectivity index (χ3n) is 4.65. The van der Waals surface area contributed by atoms with Crippen molar-refractivity contribution in [2.45, 2.75) is 31.9 Å². The molecular formula is C21H21FN2O5. The summed E-state index contributed by atoms with van der Waals surface area (Å²) < 4.78 is 23.9. The predicted octanol–water partition coefficient (Wildman–Crippen LogP) is 2.51. The molecule has 0 aromatic heterocycles. The minimum atomic E-state index is -1.06. The van der Waals surface area contributed by atoms with E-state index in [0.717, 1.165) is 11.6 Å². The second-order valence-corrected chi connectivity index (χ2v) is 6.65. The van der Waals surface area contributed by atoms with Gasteiger partial charge in [0.1, 0.15) is 11.6 Å². The van der Waals surface area contributed by atoms with Crippen LogP contribution in [0.2, 0.25) is 0 Å². The van der Waals surface area contributed by atoms with Crippen LogP contribution in [0.5, 0.6) is 5.75 Å². The van der Waals surface area contributed by atoms with E-state index in [1.165, 1.54) is 26.2 Å². The van der Waals surface area contributed by atoms with Crippen LogP contribution >= 0.6 is 0 Å². The number of benzene rings is 2. The molecule has 2 aromatic carbocycles. The van der Waals surface area contributed by atoms with Crippen LogP contribution in [0.25, 0.3) is 0 Å². The molecule has 1 aliphatic heterocycles. The number of hydrogen-bond donors (Lipinski definition) is 2. The zero-order valence-corrected chi connectivity index (χ0v) is 16.0. The summed E-state index contributed by atoms with van der Waals surface area (Å²) in [4.78, 5) is 36.8. The fourth-order valence-electron chi connectivity index (χ4n) is 3.13. The van der Waals surface area contributed by atoms with Crippen LogP contribution in [0.3, 0.4) is 0 Å². The fourth-order valence-corrected chi connectivity index (χ4v) is 3.13. The molecule has 0 fully saturated rings. The summed E-state index contributed by atoms with van der Waals surface area (Å²) in [6.45, 7) is 1.66. The van der Waals surface area contributed by atoms with E-state index >= 15 is 0 Å². The summed E-state index contributed by atoms with van der Waals surface area (Å²) in [5.41, 5.74) is 1.47. The lowest BCUT2D eigenvalue weighted by Gasteiger charge is -2.25.